The summed E-state index contributed by atoms with van der Waals surface area (Å²) in [6.07, 6.45) is 12.3. The van der Waals surface area contributed by atoms with E-state index in [1.165, 1.54) is 10.8 Å². The highest BCUT2D eigenvalue weighted by molar-refractivity contribution is 14.1. The minimum Gasteiger partial charge on any atom is -0.457 e. The van der Waals surface area contributed by atoms with Gasteiger partial charge in [0, 0.05) is 14.7 Å². The van der Waals surface area contributed by atoms with Crippen molar-refractivity contribution >= 4 is 40.8 Å². The molecular weight excluding hydrogens is 287 g/mol. The molecule has 0 spiro atoms. The molecule has 0 bridgehead atoms. The summed E-state index contributed by atoms with van der Waals surface area (Å²) < 4.78 is 6.43. The Hall–Kier alpha value is -0.510. The second-order valence-corrected chi connectivity index (χ2v) is 5.39. The third kappa shape index (κ3) is 1.28. The van der Waals surface area contributed by atoms with Gasteiger partial charge >= 0.3 is 0 Å². The lowest BCUT2D eigenvalue weighted by molar-refractivity contribution is 0.515. The third-order valence-electron chi connectivity index (χ3n) is 2.81. The van der Waals surface area contributed by atoms with Crippen molar-refractivity contribution in [2.24, 2.45) is 0 Å². The van der Waals surface area contributed by atoms with E-state index in [1.807, 2.05) is 0 Å². The van der Waals surface area contributed by atoms with Gasteiger partial charge in [-0.1, -0.05) is 34.7 Å². The van der Waals surface area contributed by atoms with Crippen molar-refractivity contribution in [3.05, 3.63) is 28.0 Å². The molecule has 1 aromatic rings. The molecule has 0 saturated heterocycles. The Bertz CT molecular complexity index is 507. The van der Waals surface area contributed by atoms with Crippen LogP contribution in [0.3, 0.4) is 0 Å². The summed E-state index contributed by atoms with van der Waals surface area (Å²) in [7, 11) is 0. The molecule has 1 heterocycles. The summed E-state index contributed by atoms with van der Waals surface area (Å²) >= 11 is 2.48. The van der Waals surface area contributed by atoms with Crippen LogP contribution in [0, 0.1) is 0 Å². The zero-order valence-electron chi connectivity index (χ0n) is 7.79. The maximum absolute atomic E-state index is 5.80. The summed E-state index contributed by atoms with van der Waals surface area (Å²) in [5.41, 5.74) is 2.51. The molecule has 0 amide bonds. The maximum atomic E-state index is 5.80. The summed E-state index contributed by atoms with van der Waals surface area (Å²) in [6, 6.07) is 0. The molecular formula is C12H11IO. The van der Waals surface area contributed by atoms with Gasteiger partial charge in [-0.05, 0) is 31.4 Å². The fourth-order valence-corrected chi connectivity index (χ4v) is 2.74. The van der Waals surface area contributed by atoms with Crippen molar-refractivity contribution in [3.8, 4) is 0 Å². The van der Waals surface area contributed by atoms with Crippen LogP contribution in [0.1, 0.15) is 24.2 Å². The van der Waals surface area contributed by atoms with Gasteiger partial charge in [-0.2, -0.15) is 0 Å². The van der Waals surface area contributed by atoms with Crippen LogP contribution in [0.15, 0.2) is 10.5 Å². The highest BCUT2D eigenvalue weighted by Crippen LogP contribution is 2.17. The van der Waals surface area contributed by atoms with E-state index in [2.05, 4.69) is 46.9 Å². The number of furan rings is 1. The van der Waals surface area contributed by atoms with Crippen molar-refractivity contribution in [1.82, 2.24) is 0 Å². The smallest absolute Gasteiger partial charge is 0.131 e. The third-order valence-corrected chi connectivity index (χ3v) is 3.68. The van der Waals surface area contributed by atoms with E-state index in [-0.39, 0.29) is 0 Å². The number of hydrogen-bond donors (Lipinski definition) is 0. The minimum atomic E-state index is 0.632. The monoisotopic (exact) mass is 298 g/mol. The molecule has 2 heteroatoms. The average molecular weight is 298 g/mol. The highest BCUT2D eigenvalue weighted by Gasteiger charge is 2.15. The van der Waals surface area contributed by atoms with Gasteiger partial charge in [0.25, 0.3) is 0 Å². The molecule has 1 unspecified atom stereocenters. The van der Waals surface area contributed by atoms with E-state index >= 15 is 0 Å². The average Bonchev–Trinajstić information content (AvgIpc) is 2.56. The molecule has 0 aromatic carbocycles. The molecule has 2 aliphatic rings. The molecule has 72 valence electrons. The van der Waals surface area contributed by atoms with Crippen LogP contribution in [-0.4, -0.2) is 3.92 Å². The normalized spacial score (nSPS) is 23.4. The van der Waals surface area contributed by atoms with Crippen molar-refractivity contribution in [1.29, 1.82) is 0 Å². The molecule has 1 atom stereocenters. The van der Waals surface area contributed by atoms with Gasteiger partial charge in [0.2, 0.25) is 0 Å². The van der Waals surface area contributed by atoms with Gasteiger partial charge < -0.3 is 4.42 Å². The van der Waals surface area contributed by atoms with Gasteiger partial charge in [-0.25, -0.2) is 0 Å². The molecule has 3 rings (SSSR count). The first-order chi connectivity index (χ1) is 6.84. The fraction of sp³-hybridized carbons (Fsp3) is 0.333. The lowest BCUT2D eigenvalue weighted by atomic mass is 10.0. The largest absolute Gasteiger partial charge is 0.457 e. The van der Waals surface area contributed by atoms with Crippen molar-refractivity contribution in [3.63, 3.8) is 0 Å². The van der Waals surface area contributed by atoms with Crippen molar-refractivity contribution in [2.75, 3.05) is 0 Å². The number of alkyl halides is 1. The van der Waals surface area contributed by atoms with Gasteiger partial charge in [0.05, 0.1) is 0 Å². The summed E-state index contributed by atoms with van der Waals surface area (Å²) in [5, 5.41) is 1.36. The Labute approximate surface area is 96.3 Å². The lowest BCUT2D eigenvalue weighted by Gasteiger charge is -2.04. The Morgan fingerprint density at radius 1 is 1.43 bits per heavy atom. The molecule has 0 N–H and O–H groups in total. The predicted octanol–water partition coefficient (Wildman–Crippen LogP) is 2.01. The predicted molar refractivity (Wildman–Crippen MR) is 66.7 cm³/mol. The van der Waals surface area contributed by atoms with Gasteiger partial charge in [-0.15, -0.1) is 0 Å². The summed E-state index contributed by atoms with van der Waals surface area (Å²) in [4.78, 5) is 0. The van der Waals surface area contributed by atoms with Crippen LogP contribution < -0.4 is 10.6 Å². The molecule has 14 heavy (non-hydrogen) atoms. The van der Waals surface area contributed by atoms with E-state index in [0.29, 0.717) is 3.92 Å². The molecule has 0 fully saturated rings. The first-order valence-corrected chi connectivity index (χ1v) is 6.23. The SMILES string of the molecule is IC1C=c2c3c(oc2=CC1)C=CCC3. The zero-order valence-corrected chi connectivity index (χ0v) is 9.95. The topological polar surface area (TPSA) is 13.1 Å². The Morgan fingerprint density at radius 2 is 2.36 bits per heavy atom. The molecule has 1 nitrogen and oxygen atoms in total. The van der Waals surface area contributed by atoms with E-state index in [9.17, 15) is 0 Å². The van der Waals surface area contributed by atoms with E-state index < -0.39 is 0 Å². The first kappa shape index (κ1) is 8.77. The number of rotatable bonds is 0. The van der Waals surface area contributed by atoms with Gasteiger partial charge in [0.15, 0.2) is 0 Å². The number of fused-ring (bicyclic) bond motifs is 3. The van der Waals surface area contributed by atoms with Gasteiger partial charge in [0.1, 0.15) is 11.2 Å². The molecule has 0 saturated carbocycles. The summed E-state index contributed by atoms with van der Waals surface area (Å²) in [5.74, 6) is 1.08. The number of hydrogen-bond acceptors (Lipinski definition) is 1. The minimum absolute atomic E-state index is 0.632. The number of halogens is 1. The standard InChI is InChI=1S/C12H11IO/c13-8-5-6-12-10(7-8)9-3-1-2-4-11(9)14-12/h2,4,6-8H,1,3,5H2. The second-order valence-electron chi connectivity index (χ2n) is 3.79. The van der Waals surface area contributed by atoms with E-state index in [4.69, 9.17) is 4.42 Å². The van der Waals surface area contributed by atoms with Crippen molar-refractivity contribution < 1.29 is 4.42 Å². The Morgan fingerprint density at radius 3 is 3.29 bits per heavy atom. The quantitative estimate of drug-likeness (QED) is 0.527. The highest BCUT2D eigenvalue weighted by atomic mass is 127. The fourth-order valence-electron chi connectivity index (χ4n) is 2.13. The Kier molecular flexibility index (Phi) is 2.04. The van der Waals surface area contributed by atoms with Crippen LogP contribution in [-0.2, 0) is 6.42 Å². The van der Waals surface area contributed by atoms with E-state index in [0.717, 1.165) is 30.4 Å². The van der Waals surface area contributed by atoms with Crippen LogP contribution in [0.2, 0.25) is 0 Å². The molecule has 0 radical (unpaired) electrons. The molecule has 0 aliphatic heterocycles. The summed E-state index contributed by atoms with van der Waals surface area (Å²) in [6.45, 7) is 0. The van der Waals surface area contributed by atoms with Crippen LogP contribution >= 0.6 is 22.6 Å². The maximum Gasteiger partial charge on any atom is 0.131 e. The van der Waals surface area contributed by atoms with Crippen LogP contribution in [0.4, 0.5) is 0 Å². The van der Waals surface area contributed by atoms with Crippen LogP contribution in [0.5, 0.6) is 0 Å². The number of allylic oxidation sites excluding steroid dienone is 1. The van der Waals surface area contributed by atoms with Crippen molar-refractivity contribution in [2.45, 2.75) is 23.2 Å². The van der Waals surface area contributed by atoms with E-state index in [1.54, 1.807) is 0 Å². The van der Waals surface area contributed by atoms with Crippen LogP contribution in [0.25, 0.3) is 18.2 Å². The molecule has 1 aromatic heterocycles. The molecule has 2 aliphatic carbocycles. The zero-order chi connectivity index (χ0) is 9.54. The second kappa shape index (κ2) is 3.26. The lowest BCUT2D eigenvalue weighted by Crippen LogP contribution is -2.28. The first-order valence-electron chi connectivity index (χ1n) is 4.99. The van der Waals surface area contributed by atoms with Gasteiger partial charge in [-0.3, -0.25) is 0 Å². The Balaban J connectivity index is 2.35.